The Morgan fingerprint density at radius 1 is 1.18 bits per heavy atom. The fourth-order valence-electron chi connectivity index (χ4n) is 2.56. The molecule has 0 saturated carbocycles. The highest BCUT2D eigenvalue weighted by Gasteiger charge is 2.15. The van der Waals surface area contributed by atoms with E-state index in [1.807, 2.05) is 35.7 Å². The lowest BCUT2D eigenvalue weighted by Gasteiger charge is -2.06. The molecule has 0 atom stereocenters. The highest BCUT2D eigenvalue weighted by molar-refractivity contribution is 7.99. The van der Waals surface area contributed by atoms with Crippen LogP contribution in [0.25, 0.3) is 11.2 Å². The zero-order valence-electron chi connectivity index (χ0n) is 15.3. The molecule has 0 aliphatic carbocycles. The summed E-state index contributed by atoms with van der Waals surface area (Å²) >= 11 is 3.24. The molecule has 0 aliphatic rings. The van der Waals surface area contributed by atoms with E-state index in [4.69, 9.17) is 0 Å². The van der Waals surface area contributed by atoms with Crippen molar-refractivity contribution in [3.05, 3.63) is 58.3 Å². The third kappa shape index (κ3) is 4.37. The van der Waals surface area contributed by atoms with Gasteiger partial charge in [-0.05, 0) is 23.4 Å². The number of benzene rings is 1. The number of nitrogens with zero attached hydrogens (tertiary/aromatic N) is 6. The first kappa shape index (κ1) is 18.6. The zero-order chi connectivity index (χ0) is 19.2. The van der Waals surface area contributed by atoms with Crippen molar-refractivity contribution in [1.29, 1.82) is 0 Å². The molecule has 1 aromatic carbocycles. The number of fused-ring (bicyclic) bond motifs is 1. The predicted molar refractivity (Wildman–Crippen MR) is 115 cm³/mol. The van der Waals surface area contributed by atoms with Crippen molar-refractivity contribution in [2.45, 2.75) is 25.0 Å². The highest BCUT2D eigenvalue weighted by Crippen LogP contribution is 2.23. The van der Waals surface area contributed by atoms with Gasteiger partial charge in [-0.2, -0.15) is 5.10 Å². The molecule has 0 saturated heterocycles. The van der Waals surface area contributed by atoms with Crippen LogP contribution in [-0.4, -0.2) is 36.9 Å². The van der Waals surface area contributed by atoms with Crippen LogP contribution in [0.3, 0.4) is 0 Å². The quantitative estimate of drug-likeness (QED) is 0.202. The molecule has 142 valence electrons. The van der Waals surface area contributed by atoms with Gasteiger partial charge in [0.25, 0.3) is 0 Å². The maximum atomic E-state index is 4.69. The molecule has 0 amide bonds. The molecule has 28 heavy (non-hydrogen) atoms. The number of rotatable bonds is 8. The molecule has 4 rings (SSSR count). The number of anilines is 1. The Morgan fingerprint density at radius 2 is 2.07 bits per heavy atom. The number of thiophene rings is 1. The topological polar surface area (TPSA) is 80.9 Å². The highest BCUT2D eigenvalue weighted by atomic mass is 32.2. The summed E-state index contributed by atoms with van der Waals surface area (Å²) in [6, 6.07) is 14.1. The molecule has 0 radical (unpaired) electrons. The lowest BCUT2D eigenvalue weighted by atomic mass is 10.2. The molecule has 1 N–H and O–H groups in total. The van der Waals surface area contributed by atoms with Crippen LogP contribution in [-0.2, 0) is 6.54 Å². The molecule has 0 aliphatic heterocycles. The summed E-state index contributed by atoms with van der Waals surface area (Å²) in [6.07, 6.45) is 2.82. The number of hydrogen-bond acceptors (Lipinski definition) is 8. The molecule has 0 unspecified atom stereocenters. The van der Waals surface area contributed by atoms with Gasteiger partial charge in [0.15, 0.2) is 22.1 Å². The number of thioether (sulfide) groups is 1. The number of hydrazone groups is 1. The second-order valence-electron chi connectivity index (χ2n) is 5.99. The van der Waals surface area contributed by atoms with Crippen molar-refractivity contribution < 1.29 is 0 Å². The Labute approximate surface area is 170 Å². The van der Waals surface area contributed by atoms with Crippen molar-refractivity contribution in [3.8, 4) is 0 Å². The summed E-state index contributed by atoms with van der Waals surface area (Å²) in [4.78, 5) is 10.3. The second kappa shape index (κ2) is 8.94. The molecule has 3 heterocycles. The lowest BCUT2D eigenvalue weighted by molar-refractivity contribution is 0.661. The Kier molecular flexibility index (Phi) is 5.93. The van der Waals surface area contributed by atoms with Crippen molar-refractivity contribution in [1.82, 2.24) is 25.0 Å². The van der Waals surface area contributed by atoms with Gasteiger partial charge in [-0.1, -0.05) is 60.3 Å². The first-order chi connectivity index (χ1) is 13.8. The van der Waals surface area contributed by atoms with Gasteiger partial charge >= 0.3 is 0 Å². The minimum Gasteiger partial charge on any atom is -0.259 e. The van der Waals surface area contributed by atoms with Gasteiger partial charge in [-0.3, -0.25) is 5.43 Å². The van der Waals surface area contributed by atoms with Crippen molar-refractivity contribution in [2.75, 3.05) is 11.2 Å². The van der Waals surface area contributed by atoms with E-state index in [-0.39, 0.29) is 0 Å². The monoisotopic (exact) mass is 409 g/mol. The fourth-order valence-corrected chi connectivity index (χ4v) is 3.84. The van der Waals surface area contributed by atoms with E-state index < -0.39 is 0 Å². The zero-order valence-corrected chi connectivity index (χ0v) is 17.0. The average molecular weight is 410 g/mol. The Bertz CT molecular complexity index is 1060. The summed E-state index contributed by atoms with van der Waals surface area (Å²) in [6.45, 7) is 2.74. The number of hydrogen-bond donors (Lipinski definition) is 1. The summed E-state index contributed by atoms with van der Waals surface area (Å²) in [5.41, 5.74) is 5.47. The van der Waals surface area contributed by atoms with E-state index in [0.29, 0.717) is 28.7 Å². The van der Waals surface area contributed by atoms with Gasteiger partial charge in [0, 0.05) is 10.6 Å². The van der Waals surface area contributed by atoms with Crippen molar-refractivity contribution >= 4 is 46.3 Å². The van der Waals surface area contributed by atoms with Gasteiger partial charge in [0.1, 0.15) is 0 Å². The molecule has 4 aromatic rings. The fraction of sp³-hybridized carbons (Fsp3) is 0.211. The van der Waals surface area contributed by atoms with Gasteiger partial charge in [0.2, 0.25) is 0 Å². The smallest absolute Gasteiger partial charge is 0.191 e. The standard InChI is InChI=1S/C19H19N7S2/c1-2-10-28-19-21-17(24-20-12-15-9-6-11-27-15)16-18(22-19)26(25-23-16)13-14-7-4-3-5-8-14/h3-9,11-12H,2,10,13H2,1H3,(H,21,22,24)/b20-12+. The van der Waals surface area contributed by atoms with E-state index in [0.717, 1.165) is 22.6 Å². The van der Waals surface area contributed by atoms with E-state index in [1.165, 1.54) is 0 Å². The van der Waals surface area contributed by atoms with Crippen molar-refractivity contribution in [2.24, 2.45) is 5.10 Å². The van der Waals surface area contributed by atoms with Crippen molar-refractivity contribution in [3.63, 3.8) is 0 Å². The van der Waals surface area contributed by atoms with Gasteiger partial charge in [-0.25, -0.2) is 14.6 Å². The van der Waals surface area contributed by atoms with Crippen LogP contribution < -0.4 is 5.43 Å². The maximum Gasteiger partial charge on any atom is 0.191 e. The maximum absolute atomic E-state index is 4.69. The summed E-state index contributed by atoms with van der Waals surface area (Å²) in [7, 11) is 0. The molecular weight excluding hydrogens is 390 g/mol. The van der Waals surface area contributed by atoms with E-state index in [1.54, 1.807) is 34.0 Å². The predicted octanol–water partition coefficient (Wildman–Crippen LogP) is 4.28. The third-order valence-corrected chi connectivity index (χ3v) is 5.72. The van der Waals surface area contributed by atoms with Gasteiger partial charge < -0.3 is 0 Å². The van der Waals surface area contributed by atoms with Crippen LogP contribution in [0.1, 0.15) is 23.8 Å². The third-order valence-electron chi connectivity index (χ3n) is 3.86. The minimum absolute atomic E-state index is 0.565. The Morgan fingerprint density at radius 3 is 2.86 bits per heavy atom. The molecule has 7 nitrogen and oxygen atoms in total. The second-order valence-corrected chi connectivity index (χ2v) is 8.03. The molecule has 3 aromatic heterocycles. The first-order valence-corrected chi connectivity index (χ1v) is 10.8. The molecule has 0 bridgehead atoms. The SMILES string of the molecule is CCCSc1nc(N/N=C/c2cccs2)c2nnn(Cc3ccccc3)c2n1. The van der Waals surface area contributed by atoms with Gasteiger partial charge in [-0.15, -0.1) is 16.4 Å². The molecule has 0 spiro atoms. The number of aromatic nitrogens is 5. The summed E-state index contributed by atoms with van der Waals surface area (Å²) in [5, 5.41) is 15.6. The summed E-state index contributed by atoms with van der Waals surface area (Å²) < 4.78 is 1.80. The average Bonchev–Trinajstić information content (AvgIpc) is 3.38. The van der Waals surface area contributed by atoms with Crippen LogP contribution in [0.4, 0.5) is 5.82 Å². The normalized spacial score (nSPS) is 11.5. The first-order valence-electron chi connectivity index (χ1n) is 8.94. The van der Waals surface area contributed by atoms with Crippen LogP contribution in [0, 0.1) is 0 Å². The summed E-state index contributed by atoms with van der Waals surface area (Å²) in [5.74, 6) is 1.51. The van der Waals surface area contributed by atoms with Gasteiger partial charge in [0.05, 0.1) is 12.8 Å². The van der Waals surface area contributed by atoms with Crippen LogP contribution in [0.15, 0.2) is 58.1 Å². The molecule has 0 fully saturated rings. The van der Waals surface area contributed by atoms with Crippen LogP contribution in [0.2, 0.25) is 0 Å². The molecule has 9 heteroatoms. The van der Waals surface area contributed by atoms with Crippen LogP contribution >= 0.6 is 23.1 Å². The Hall–Kier alpha value is -2.78. The van der Waals surface area contributed by atoms with E-state index in [2.05, 4.69) is 49.9 Å². The Balaban J connectivity index is 1.66. The van der Waals surface area contributed by atoms with E-state index in [9.17, 15) is 0 Å². The lowest BCUT2D eigenvalue weighted by Crippen LogP contribution is -2.04. The minimum atomic E-state index is 0.565. The molecular formula is C19H19N7S2. The van der Waals surface area contributed by atoms with Crippen LogP contribution in [0.5, 0.6) is 0 Å². The van der Waals surface area contributed by atoms with E-state index >= 15 is 0 Å². The largest absolute Gasteiger partial charge is 0.259 e. The number of nitrogens with one attached hydrogen (secondary N) is 1.